The third-order valence-electron chi connectivity index (χ3n) is 10.5. The number of esters is 2. The molecule has 4 aliphatic rings. The zero-order valence-corrected chi connectivity index (χ0v) is 24.0. The van der Waals surface area contributed by atoms with Crippen molar-refractivity contribution in [1.82, 2.24) is 0 Å². The Hall–Kier alpha value is -2.81. The molecule has 1 aromatic carbocycles. The maximum Gasteiger partial charge on any atom is 0.338 e. The molecule has 1 aromatic rings. The van der Waals surface area contributed by atoms with Gasteiger partial charge in [0.2, 0.25) is 0 Å². The van der Waals surface area contributed by atoms with E-state index >= 15 is 0 Å². The minimum atomic E-state index is -1.96. The average molecular weight is 553 g/mol. The van der Waals surface area contributed by atoms with Crippen LogP contribution in [0.3, 0.4) is 0 Å². The van der Waals surface area contributed by atoms with Gasteiger partial charge in [0.15, 0.2) is 11.4 Å². The molecule has 0 unspecified atom stereocenters. The lowest BCUT2D eigenvalue weighted by atomic mass is 9.59. The number of aliphatic hydroxyl groups is 3. The molecule has 0 spiro atoms. The molecule has 5 rings (SSSR count). The van der Waals surface area contributed by atoms with Crippen molar-refractivity contribution in [2.45, 2.75) is 77.3 Å². The van der Waals surface area contributed by atoms with Gasteiger partial charge in [-0.15, -0.1) is 0 Å². The van der Waals surface area contributed by atoms with Gasteiger partial charge in [-0.05, 0) is 36.6 Å². The van der Waals surface area contributed by atoms with E-state index in [0.29, 0.717) is 23.1 Å². The first-order chi connectivity index (χ1) is 18.7. The molecular formula is C32H40O8. The van der Waals surface area contributed by atoms with Gasteiger partial charge < -0.3 is 24.8 Å². The molecule has 0 heterocycles. The van der Waals surface area contributed by atoms with Crippen molar-refractivity contribution in [2.75, 3.05) is 6.61 Å². The minimum absolute atomic E-state index is 0.131. The molecule has 0 radical (unpaired) electrons. The first kappa shape index (κ1) is 28.7. The fourth-order valence-corrected chi connectivity index (χ4v) is 8.01. The van der Waals surface area contributed by atoms with E-state index in [9.17, 15) is 29.7 Å². The van der Waals surface area contributed by atoms with Crippen LogP contribution in [0.4, 0.5) is 0 Å². The maximum atomic E-state index is 13.5. The van der Waals surface area contributed by atoms with Gasteiger partial charge in [-0.3, -0.25) is 9.59 Å². The van der Waals surface area contributed by atoms with Gasteiger partial charge >= 0.3 is 11.9 Å². The van der Waals surface area contributed by atoms with E-state index in [1.165, 1.54) is 0 Å². The van der Waals surface area contributed by atoms with E-state index in [1.807, 2.05) is 20.8 Å². The topological polar surface area (TPSA) is 130 Å². The van der Waals surface area contributed by atoms with Crippen molar-refractivity contribution in [2.24, 2.45) is 35.0 Å². The lowest BCUT2D eigenvalue weighted by molar-refractivity contribution is -0.221. The molecule has 0 aromatic heterocycles. The summed E-state index contributed by atoms with van der Waals surface area (Å²) in [5, 5.41) is 34.9. The molecule has 3 N–H and O–H groups in total. The third kappa shape index (κ3) is 3.65. The Kier molecular flexibility index (Phi) is 6.72. The fraction of sp³-hybridized carbons (Fsp3) is 0.594. The molecule has 9 atom stereocenters. The number of rotatable bonds is 6. The summed E-state index contributed by atoms with van der Waals surface area (Å²) in [5.74, 6) is -5.04. The molecular weight excluding hydrogens is 512 g/mol. The first-order valence-corrected chi connectivity index (χ1v) is 14.2. The summed E-state index contributed by atoms with van der Waals surface area (Å²) in [7, 11) is 0. The normalized spacial score (nSPS) is 39.9. The van der Waals surface area contributed by atoms with Gasteiger partial charge in [0.1, 0.15) is 11.7 Å². The van der Waals surface area contributed by atoms with Crippen LogP contribution in [0, 0.1) is 35.0 Å². The second-order valence-corrected chi connectivity index (χ2v) is 12.9. The highest BCUT2D eigenvalue weighted by atomic mass is 16.6. The Balaban J connectivity index is 1.70. The molecule has 2 fully saturated rings. The largest absolute Gasteiger partial charge is 0.454 e. The molecule has 2 saturated carbocycles. The highest BCUT2D eigenvalue weighted by Gasteiger charge is 2.88. The van der Waals surface area contributed by atoms with Gasteiger partial charge in [-0.25, -0.2) is 4.79 Å². The van der Waals surface area contributed by atoms with E-state index < -0.39 is 82.2 Å². The van der Waals surface area contributed by atoms with Crippen LogP contribution in [-0.4, -0.2) is 62.6 Å². The smallest absolute Gasteiger partial charge is 0.338 e. The highest BCUT2D eigenvalue weighted by molar-refractivity contribution is 6.04. The second kappa shape index (κ2) is 9.36. The zero-order valence-electron chi connectivity index (χ0n) is 24.0. The van der Waals surface area contributed by atoms with Gasteiger partial charge in [0.05, 0.1) is 23.7 Å². The maximum absolute atomic E-state index is 13.5. The quantitative estimate of drug-likeness (QED) is 0.362. The number of fused-ring (bicyclic) bond motifs is 5. The lowest BCUT2D eigenvalue weighted by Crippen LogP contribution is -2.66. The molecule has 8 heteroatoms. The Labute approximate surface area is 235 Å². The van der Waals surface area contributed by atoms with Crippen molar-refractivity contribution in [3.05, 3.63) is 59.2 Å². The Morgan fingerprint density at radius 3 is 2.38 bits per heavy atom. The summed E-state index contributed by atoms with van der Waals surface area (Å²) in [6, 6.07) is 8.48. The van der Waals surface area contributed by atoms with Crippen LogP contribution < -0.4 is 0 Å². The number of ether oxygens (including phenoxy) is 2. The van der Waals surface area contributed by atoms with E-state index in [0.717, 1.165) is 0 Å². The zero-order chi connectivity index (χ0) is 29.4. The molecule has 4 aliphatic carbocycles. The van der Waals surface area contributed by atoms with Crippen molar-refractivity contribution >= 4 is 17.7 Å². The van der Waals surface area contributed by atoms with E-state index in [-0.39, 0.29) is 6.42 Å². The number of aliphatic hydroxyl groups excluding tert-OH is 1. The summed E-state index contributed by atoms with van der Waals surface area (Å²) in [6.07, 6.45) is 2.72. The summed E-state index contributed by atoms with van der Waals surface area (Å²) in [4.78, 5) is 40.1. The number of hydrogen-bond acceptors (Lipinski definition) is 8. The number of ketones is 1. The Morgan fingerprint density at radius 2 is 1.77 bits per heavy atom. The van der Waals surface area contributed by atoms with Crippen LogP contribution in [0.25, 0.3) is 0 Å². The monoisotopic (exact) mass is 552 g/mol. The number of hydrogen-bond donors (Lipinski definition) is 3. The van der Waals surface area contributed by atoms with Crippen LogP contribution in [0.1, 0.15) is 64.7 Å². The van der Waals surface area contributed by atoms with Crippen LogP contribution in [0.2, 0.25) is 0 Å². The second-order valence-electron chi connectivity index (χ2n) is 12.9. The van der Waals surface area contributed by atoms with Crippen LogP contribution in [-0.2, 0) is 19.1 Å². The van der Waals surface area contributed by atoms with Crippen LogP contribution in [0.5, 0.6) is 0 Å². The summed E-state index contributed by atoms with van der Waals surface area (Å²) in [5.41, 5.74) is -4.66. The molecule has 0 aliphatic heterocycles. The molecule has 0 saturated heterocycles. The first-order valence-electron chi connectivity index (χ1n) is 14.2. The van der Waals surface area contributed by atoms with Crippen LogP contribution >= 0.6 is 0 Å². The van der Waals surface area contributed by atoms with Crippen molar-refractivity contribution in [3.8, 4) is 0 Å². The summed E-state index contributed by atoms with van der Waals surface area (Å²) < 4.78 is 12.6. The van der Waals surface area contributed by atoms with E-state index in [4.69, 9.17) is 9.47 Å². The third-order valence-corrected chi connectivity index (χ3v) is 10.5. The number of carbonyl (C=O) groups is 3. The van der Waals surface area contributed by atoms with E-state index in [2.05, 4.69) is 0 Å². The van der Waals surface area contributed by atoms with Crippen LogP contribution in [0.15, 0.2) is 53.6 Å². The Bertz CT molecular complexity index is 1300. The number of Topliss-reactive ketones (excluding diaryl/α,β-unsaturated/α-hetero) is 1. The van der Waals surface area contributed by atoms with Crippen molar-refractivity contribution in [3.63, 3.8) is 0 Å². The molecule has 40 heavy (non-hydrogen) atoms. The molecule has 0 bridgehead atoms. The van der Waals surface area contributed by atoms with E-state index in [1.54, 1.807) is 63.3 Å². The lowest BCUT2D eigenvalue weighted by Gasteiger charge is -2.53. The highest BCUT2D eigenvalue weighted by Crippen LogP contribution is 2.77. The minimum Gasteiger partial charge on any atom is -0.454 e. The fourth-order valence-electron chi connectivity index (χ4n) is 8.01. The van der Waals surface area contributed by atoms with Gasteiger partial charge in [-0.1, -0.05) is 65.0 Å². The number of benzene rings is 1. The standard InChI is InChI=1S/C32H40O8/c1-7-17(2)27(35)40-32-24(29(32,5)6)22-14-20(16-33)15-30(37)23(13-18(3)25(30)34)31(22,38)19(4)26(32)39-28(36)21-11-9-8-10-12-21/h8-14,17,19,22-24,26,33,37-38H,7,15-16H2,1-6H3/t17-,19+,22-,23+,24+,26+,30+,31+,32+/m0/s1. The number of carbonyl (C=O) groups excluding carboxylic acids is 3. The summed E-state index contributed by atoms with van der Waals surface area (Å²) in [6.45, 7) is 10.5. The molecule has 8 nitrogen and oxygen atoms in total. The van der Waals surface area contributed by atoms with Crippen molar-refractivity contribution in [1.29, 1.82) is 0 Å². The Morgan fingerprint density at radius 1 is 1.12 bits per heavy atom. The van der Waals surface area contributed by atoms with Crippen molar-refractivity contribution < 1.29 is 39.2 Å². The van der Waals surface area contributed by atoms with Gasteiger partial charge in [0, 0.05) is 35.5 Å². The van der Waals surface area contributed by atoms with Gasteiger partial charge in [0.25, 0.3) is 0 Å². The molecule has 216 valence electrons. The predicted molar refractivity (Wildman–Crippen MR) is 146 cm³/mol. The summed E-state index contributed by atoms with van der Waals surface area (Å²) >= 11 is 0. The van der Waals surface area contributed by atoms with Gasteiger partial charge in [-0.2, -0.15) is 0 Å². The molecule has 0 amide bonds. The SMILES string of the molecule is CC[C@H](C)C(=O)O[C@@]12[C@H](OC(=O)c3ccccc3)[C@@H](C)[C@@]3(O)[C@@H](C=C(CO)C[C@]4(O)C(=O)C(C)=C[C@@H]34)[C@@H]1C2(C)C. The predicted octanol–water partition coefficient (Wildman–Crippen LogP) is 3.39. The average Bonchev–Trinajstić information content (AvgIpc) is 3.36.